The number of nitrogens with one attached hydrogen (secondary N) is 2. The highest BCUT2D eigenvalue weighted by Crippen LogP contribution is 2.35. The van der Waals surface area contributed by atoms with E-state index in [2.05, 4.69) is 56.0 Å². The molecule has 23 heavy (non-hydrogen) atoms. The Morgan fingerprint density at radius 3 is 2.48 bits per heavy atom. The van der Waals surface area contributed by atoms with E-state index in [1.165, 1.54) is 0 Å². The van der Waals surface area contributed by atoms with Crippen molar-refractivity contribution in [2.45, 2.75) is 70.2 Å². The van der Waals surface area contributed by atoms with Crippen molar-refractivity contribution in [3.63, 3.8) is 0 Å². The van der Waals surface area contributed by atoms with E-state index in [0.717, 1.165) is 0 Å². The molecule has 1 aliphatic rings. The Balaban J connectivity index is 2.69. The smallest absolute Gasteiger partial charge is 0.243 e. The fourth-order valence-electron chi connectivity index (χ4n) is 1.87. The van der Waals surface area contributed by atoms with Crippen molar-refractivity contribution in [1.82, 2.24) is 10.6 Å². The van der Waals surface area contributed by atoms with Gasteiger partial charge >= 0.3 is 0 Å². The van der Waals surface area contributed by atoms with Gasteiger partial charge in [-0.3, -0.25) is 14.4 Å². The molecule has 1 aliphatic heterocycles. The third kappa shape index (κ3) is 5.39. The lowest BCUT2D eigenvalue weighted by Gasteiger charge is -2.31. The van der Waals surface area contributed by atoms with Crippen molar-refractivity contribution in [2.24, 2.45) is 5.73 Å². The molecule has 128 valence electrons. The highest BCUT2D eigenvalue weighted by molar-refractivity contribution is 6.87. The number of hydrogen-bond acceptors (Lipinski definition) is 3. The molecule has 4 N–H and O–H groups in total. The predicted octanol–water partition coefficient (Wildman–Crippen LogP) is 0.676. The Bertz CT molecular complexity index is 555. The highest BCUT2D eigenvalue weighted by atomic mass is 28.3. The van der Waals surface area contributed by atoms with E-state index in [1.54, 1.807) is 0 Å². The summed E-state index contributed by atoms with van der Waals surface area (Å²) in [4.78, 5) is 34.7. The zero-order valence-corrected chi connectivity index (χ0v) is 15.6. The van der Waals surface area contributed by atoms with Crippen LogP contribution in [0.4, 0.5) is 0 Å². The van der Waals surface area contributed by atoms with Gasteiger partial charge in [-0.2, -0.15) is 0 Å². The summed E-state index contributed by atoms with van der Waals surface area (Å²) >= 11 is 0. The molecule has 2 atom stereocenters. The van der Waals surface area contributed by atoms with Gasteiger partial charge in [0.2, 0.25) is 17.7 Å². The maximum absolute atomic E-state index is 12.1. The summed E-state index contributed by atoms with van der Waals surface area (Å²) in [7, 11) is -1.76. The summed E-state index contributed by atoms with van der Waals surface area (Å²) in [5.74, 6) is 1.87. The first-order valence-corrected chi connectivity index (χ1v) is 10.8. The zero-order valence-electron chi connectivity index (χ0n) is 14.6. The molecule has 7 heteroatoms. The molecule has 0 aromatic heterocycles. The van der Waals surface area contributed by atoms with Crippen LogP contribution in [0.2, 0.25) is 18.1 Å². The van der Waals surface area contributed by atoms with E-state index in [-0.39, 0.29) is 23.3 Å². The van der Waals surface area contributed by atoms with E-state index < -0.39 is 26.1 Å². The van der Waals surface area contributed by atoms with Gasteiger partial charge in [-0.15, -0.1) is 11.5 Å². The van der Waals surface area contributed by atoms with Gasteiger partial charge in [0, 0.05) is 12.8 Å². The molecular weight excluding hydrogens is 310 g/mol. The average molecular weight is 337 g/mol. The molecule has 0 saturated carbocycles. The van der Waals surface area contributed by atoms with Crippen molar-refractivity contribution in [2.75, 3.05) is 0 Å². The van der Waals surface area contributed by atoms with Crippen molar-refractivity contribution in [1.29, 1.82) is 0 Å². The maximum Gasteiger partial charge on any atom is 0.243 e. The second kappa shape index (κ2) is 7.17. The van der Waals surface area contributed by atoms with Crippen LogP contribution < -0.4 is 16.4 Å². The third-order valence-corrected chi connectivity index (χ3v) is 9.11. The lowest BCUT2D eigenvalue weighted by molar-refractivity contribution is -0.129. The van der Waals surface area contributed by atoms with Crippen molar-refractivity contribution in [3.05, 3.63) is 0 Å². The highest BCUT2D eigenvalue weighted by Gasteiger charge is 2.34. The van der Waals surface area contributed by atoms with Gasteiger partial charge < -0.3 is 16.4 Å². The van der Waals surface area contributed by atoms with Crippen LogP contribution >= 0.6 is 0 Å². The lowest BCUT2D eigenvalue weighted by atomic mass is 10.1. The Morgan fingerprint density at radius 2 is 2.04 bits per heavy atom. The lowest BCUT2D eigenvalue weighted by Crippen LogP contribution is -2.50. The molecule has 6 nitrogen and oxygen atoms in total. The molecule has 0 unspecified atom stereocenters. The average Bonchev–Trinajstić information content (AvgIpc) is 2.82. The Kier molecular flexibility index (Phi) is 6.00. The molecule has 0 aromatic carbocycles. The molecule has 1 saturated heterocycles. The number of amides is 3. The van der Waals surface area contributed by atoms with E-state index in [9.17, 15) is 14.4 Å². The molecule has 1 heterocycles. The van der Waals surface area contributed by atoms with Crippen LogP contribution in [0.25, 0.3) is 0 Å². The van der Waals surface area contributed by atoms with Crippen molar-refractivity contribution >= 4 is 25.8 Å². The van der Waals surface area contributed by atoms with E-state index in [0.29, 0.717) is 12.8 Å². The van der Waals surface area contributed by atoms with Crippen molar-refractivity contribution in [3.8, 4) is 11.5 Å². The molecule has 1 fully saturated rings. The van der Waals surface area contributed by atoms with Crippen LogP contribution in [0.3, 0.4) is 0 Å². The summed E-state index contributed by atoms with van der Waals surface area (Å²) in [5.41, 5.74) is 8.64. The monoisotopic (exact) mass is 337 g/mol. The SMILES string of the molecule is CC(C)(C)[Si](C)(C)C#CC[C@H](NC(=O)[C@@H]1CCC(=O)N1)C(N)=O. The molecule has 0 aliphatic carbocycles. The molecule has 0 radical (unpaired) electrons. The fraction of sp³-hybridized carbons (Fsp3) is 0.688. The third-order valence-electron chi connectivity index (χ3n) is 4.55. The van der Waals surface area contributed by atoms with Gasteiger partial charge in [0.1, 0.15) is 20.2 Å². The molecule has 0 spiro atoms. The Hall–Kier alpha value is -1.81. The maximum atomic E-state index is 12.1. The minimum atomic E-state index is -1.76. The number of primary amides is 1. The second-order valence-electron chi connectivity index (χ2n) is 7.50. The largest absolute Gasteiger partial charge is 0.368 e. The van der Waals surface area contributed by atoms with Crippen molar-refractivity contribution < 1.29 is 14.4 Å². The summed E-state index contributed by atoms with van der Waals surface area (Å²) < 4.78 is 0. The topological polar surface area (TPSA) is 101 Å². The zero-order chi connectivity index (χ0) is 17.8. The van der Waals surface area contributed by atoms with Crippen LogP contribution in [-0.2, 0) is 14.4 Å². The minimum absolute atomic E-state index is 0.125. The Labute approximate surface area is 139 Å². The Morgan fingerprint density at radius 1 is 1.43 bits per heavy atom. The van der Waals surface area contributed by atoms with Gasteiger partial charge in [-0.1, -0.05) is 33.9 Å². The van der Waals surface area contributed by atoms with Crippen LogP contribution in [0.1, 0.15) is 40.0 Å². The van der Waals surface area contributed by atoms with E-state index in [4.69, 9.17) is 5.73 Å². The first kappa shape index (κ1) is 19.2. The number of nitrogens with two attached hydrogens (primary N) is 1. The van der Waals surface area contributed by atoms with Gasteiger partial charge in [0.25, 0.3) is 0 Å². The fourth-order valence-corrected chi connectivity index (χ4v) is 2.79. The molecule has 0 aromatic rings. The van der Waals surface area contributed by atoms with Gasteiger partial charge in [-0.05, 0) is 11.5 Å². The first-order chi connectivity index (χ1) is 10.4. The van der Waals surface area contributed by atoms with E-state index >= 15 is 0 Å². The van der Waals surface area contributed by atoms with Gasteiger partial charge in [0.05, 0.1) is 0 Å². The summed E-state index contributed by atoms with van der Waals surface area (Å²) in [6, 6.07) is -1.42. The molecule has 0 bridgehead atoms. The molecule has 3 amide bonds. The number of rotatable bonds is 4. The first-order valence-electron chi connectivity index (χ1n) is 7.83. The summed E-state index contributed by atoms with van der Waals surface area (Å²) in [5, 5.41) is 5.28. The predicted molar refractivity (Wildman–Crippen MR) is 91.9 cm³/mol. The van der Waals surface area contributed by atoms with Gasteiger partial charge in [-0.25, -0.2) is 0 Å². The number of carbonyl (C=O) groups excluding carboxylic acids is 3. The molecule has 1 rings (SSSR count). The van der Waals surface area contributed by atoms with Crippen LogP contribution in [0.15, 0.2) is 0 Å². The van der Waals surface area contributed by atoms with Gasteiger partial charge in [0.15, 0.2) is 0 Å². The quantitative estimate of drug-likeness (QED) is 0.519. The normalized spacial score (nSPS) is 19.3. The van der Waals surface area contributed by atoms with Crippen LogP contribution in [0, 0.1) is 11.5 Å². The summed E-state index contributed by atoms with van der Waals surface area (Å²) in [6.45, 7) is 10.8. The van der Waals surface area contributed by atoms with Crippen LogP contribution in [-0.4, -0.2) is 37.9 Å². The summed E-state index contributed by atoms with van der Waals surface area (Å²) in [6.07, 6.45) is 0.949. The number of carbonyl (C=O) groups is 3. The standard InChI is InChI=1S/C16H27N3O3Si/c1-16(2,3)23(4,5)10-6-7-11(14(17)21)19-15(22)12-8-9-13(20)18-12/h11-12H,7-9H2,1-5H3,(H2,17,21)(H,18,20)(H,19,22)/t11-,12-/m0/s1. The molecular formula is C16H27N3O3Si. The van der Waals surface area contributed by atoms with Crippen LogP contribution in [0.5, 0.6) is 0 Å². The minimum Gasteiger partial charge on any atom is -0.368 e. The van der Waals surface area contributed by atoms with E-state index in [1.807, 2.05) is 0 Å². The number of hydrogen-bond donors (Lipinski definition) is 3. The second-order valence-corrected chi connectivity index (χ2v) is 12.5.